The zero-order valence-corrected chi connectivity index (χ0v) is 20.0. The van der Waals surface area contributed by atoms with Gasteiger partial charge in [0.1, 0.15) is 18.1 Å². The van der Waals surface area contributed by atoms with Crippen molar-refractivity contribution in [2.45, 2.75) is 65.1 Å². The molecule has 0 bridgehead atoms. The number of methoxy groups -OCH3 is 1. The minimum atomic E-state index is -0.906. The molecule has 3 heterocycles. The number of imide groups is 3. The van der Waals surface area contributed by atoms with E-state index in [-0.39, 0.29) is 18.6 Å². The van der Waals surface area contributed by atoms with Gasteiger partial charge in [-0.25, -0.2) is 4.79 Å². The second-order valence-corrected chi connectivity index (χ2v) is 9.21. The van der Waals surface area contributed by atoms with E-state index in [0.717, 1.165) is 43.4 Å². The van der Waals surface area contributed by atoms with E-state index in [0.29, 0.717) is 23.7 Å². The highest BCUT2D eigenvalue weighted by Gasteiger charge is 2.58. The molecule has 4 rings (SSSR count). The van der Waals surface area contributed by atoms with Crippen LogP contribution in [0.5, 0.6) is 0 Å². The molecule has 8 nitrogen and oxygen atoms in total. The maximum absolute atomic E-state index is 13.1. The van der Waals surface area contributed by atoms with Crippen LogP contribution in [0.3, 0.4) is 0 Å². The zero-order valence-electron chi connectivity index (χ0n) is 20.0. The van der Waals surface area contributed by atoms with E-state index < -0.39 is 29.7 Å². The van der Waals surface area contributed by atoms with Crippen LogP contribution < -0.4 is 0 Å². The van der Waals surface area contributed by atoms with Gasteiger partial charge in [0.05, 0.1) is 31.7 Å². The molecule has 1 aliphatic carbocycles. The lowest BCUT2D eigenvalue weighted by molar-refractivity contribution is -0.137. The van der Waals surface area contributed by atoms with Gasteiger partial charge in [-0.3, -0.25) is 9.59 Å². The van der Waals surface area contributed by atoms with E-state index in [1.807, 2.05) is 12.1 Å². The highest BCUT2D eigenvalue weighted by molar-refractivity contribution is 6.16. The number of nitrogens with zero attached hydrogens (tertiary/aromatic N) is 1. The predicted octanol–water partition coefficient (Wildman–Crippen LogP) is 4.23. The summed E-state index contributed by atoms with van der Waals surface area (Å²) >= 11 is 0. The molecule has 34 heavy (non-hydrogen) atoms. The molecule has 4 atom stereocenters. The molecular formula is C26H33NO7. The number of amides is 3. The van der Waals surface area contributed by atoms with E-state index in [9.17, 15) is 19.5 Å². The molecule has 3 aliphatic rings. The largest absolute Gasteiger partial charge is 0.459 e. The maximum atomic E-state index is 13.1. The molecule has 2 aliphatic heterocycles. The molecule has 2 fully saturated rings. The summed E-state index contributed by atoms with van der Waals surface area (Å²) in [5.41, 5.74) is 3.55. The monoisotopic (exact) mass is 471 g/mol. The zero-order chi connectivity index (χ0) is 24.4. The number of aliphatic hydroxyl groups is 1. The van der Waals surface area contributed by atoms with E-state index >= 15 is 0 Å². The van der Waals surface area contributed by atoms with Crippen molar-refractivity contribution >= 4 is 24.0 Å². The van der Waals surface area contributed by atoms with Crippen molar-refractivity contribution in [1.82, 2.24) is 4.90 Å². The Kier molecular flexibility index (Phi) is 7.38. The van der Waals surface area contributed by atoms with E-state index in [2.05, 4.69) is 18.6 Å². The van der Waals surface area contributed by atoms with Crippen LogP contribution in [-0.4, -0.2) is 47.7 Å². The quantitative estimate of drug-likeness (QED) is 0.447. The Morgan fingerprint density at radius 3 is 2.65 bits per heavy atom. The summed E-state index contributed by atoms with van der Waals surface area (Å²) in [5.74, 6) is -0.918. The molecule has 0 aromatic carbocycles. The first-order valence-corrected chi connectivity index (χ1v) is 12.1. The Labute approximate surface area is 199 Å². The third-order valence-corrected chi connectivity index (χ3v) is 7.28. The summed E-state index contributed by atoms with van der Waals surface area (Å²) in [6.45, 7) is 4.45. The summed E-state index contributed by atoms with van der Waals surface area (Å²) in [4.78, 5) is 38.7. The van der Waals surface area contributed by atoms with Crippen LogP contribution in [0.4, 0.5) is 4.79 Å². The van der Waals surface area contributed by atoms with Crippen LogP contribution in [0.2, 0.25) is 0 Å². The topological polar surface area (TPSA) is 106 Å². The molecule has 3 amide bonds. The smallest absolute Gasteiger partial charge is 0.423 e. The van der Waals surface area contributed by atoms with Crippen LogP contribution in [-0.2, 0) is 25.7 Å². The number of furan rings is 1. The number of rotatable bonds is 8. The number of allylic oxidation sites excluding steroid dienone is 2. The van der Waals surface area contributed by atoms with Gasteiger partial charge >= 0.3 is 6.09 Å². The van der Waals surface area contributed by atoms with Crippen molar-refractivity contribution in [1.29, 1.82) is 0 Å². The molecule has 1 aromatic rings. The Morgan fingerprint density at radius 1 is 1.21 bits per heavy atom. The first-order chi connectivity index (χ1) is 16.4. The van der Waals surface area contributed by atoms with Crippen molar-refractivity contribution in [3.05, 3.63) is 40.4 Å². The van der Waals surface area contributed by atoms with Crippen LogP contribution >= 0.6 is 0 Å². The average molecular weight is 472 g/mol. The molecule has 0 spiro atoms. The minimum absolute atomic E-state index is 0.110. The van der Waals surface area contributed by atoms with Gasteiger partial charge in [-0.15, -0.1) is 0 Å². The molecule has 1 aromatic heterocycles. The fourth-order valence-electron chi connectivity index (χ4n) is 5.75. The Balaban J connectivity index is 1.53. The van der Waals surface area contributed by atoms with Gasteiger partial charge in [0, 0.05) is 5.92 Å². The first-order valence-electron chi connectivity index (χ1n) is 12.1. The fourth-order valence-corrected chi connectivity index (χ4v) is 5.75. The number of likely N-dealkylation sites (tertiary alicyclic amines) is 1. The molecule has 2 saturated heterocycles. The highest BCUT2D eigenvalue weighted by atomic mass is 16.5. The van der Waals surface area contributed by atoms with Gasteiger partial charge in [0.15, 0.2) is 0 Å². The lowest BCUT2D eigenvalue weighted by atomic mass is 9.69. The van der Waals surface area contributed by atoms with Gasteiger partial charge in [-0.1, -0.05) is 31.4 Å². The van der Waals surface area contributed by atoms with Crippen molar-refractivity contribution in [3.63, 3.8) is 0 Å². The Hall–Kier alpha value is -2.71. The fraction of sp³-hybridized carbons (Fsp3) is 0.577. The number of fused-ring (bicyclic) bond motifs is 3. The first kappa shape index (κ1) is 24.4. The second kappa shape index (κ2) is 10.3. The molecule has 1 N–H and O–H groups in total. The number of ether oxygens (including phenoxy) is 2. The van der Waals surface area contributed by atoms with Crippen LogP contribution in [0, 0.1) is 17.8 Å². The number of carbonyl (C=O) groups excluding carboxylic acids is 3. The van der Waals surface area contributed by atoms with E-state index in [4.69, 9.17) is 9.15 Å². The average Bonchev–Trinajstić information content (AvgIpc) is 3.53. The lowest BCUT2D eigenvalue weighted by Crippen LogP contribution is -2.38. The standard InChI is InChI=1S/C26H33NO7/c1-4-6-15(11-17-8-9-18(13-28)34-17)7-10-21-22-16(5-2)12-19-23(20(22)14-33-21)25(30)27(24(19)29)26(31)32-3/h8-9,11,19-21,23,28H,4-7,10,12-14H2,1-3H3/b15-11+/t19-,20+,21-,23-/m1/s1. The van der Waals surface area contributed by atoms with Crippen molar-refractivity contribution in [2.75, 3.05) is 13.7 Å². The highest BCUT2D eigenvalue weighted by Crippen LogP contribution is 2.50. The summed E-state index contributed by atoms with van der Waals surface area (Å²) in [6.07, 6.45) is 5.80. The molecular weight excluding hydrogens is 438 g/mol. The second-order valence-electron chi connectivity index (χ2n) is 9.21. The summed E-state index contributed by atoms with van der Waals surface area (Å²) < 4.78 is 16.5. The van der Waals surface area contributed by atoms with Gasteiger partial charge in [0.25, 0.3) is 0 Å². The SMILES string of the molecule is CCC/C(=C\c1ccc(CO)o1)CC[C@H]1OC[C@H]2C1=C(CC)C[C@H]1C(=O)N(C(=O)OC)C(=O)[C@H]12. The van der Waals surface area contributed by atoms with Gasteiger partial charge < -0.3 is 19.0 Å². The molecule has 0 saturated carbocycles. The molecule has 184 valence electrons. The van der Waals surface area contributed by atoms with Crippen molar-refractivity contribution in [3.8, 4) is 0 Å². The van der Waals surface area contributed by atoms with Gasteiger partial charge in [-0.2, -0.15) is 4.90 Å². The van der Waals surface area contributed by atoms with E-state index in [1.54, 1.807) is 6.07 Å². The van der Waals surface area contributed by atoms with E-state index in [1.165, 1.54) is 18.3 Å². The molecule has 0 radical (unpaired) electrons. The van der Waals surface area contributed by atoms with Gasteiger partial charge in [0.2, 0.25) is 11.8 Å². The summed E-state index contributed by atoms with van der Waals surface area (Å²) in [7, 11) is 1.18. The Bertz CT molecular complexity index is 1020. The van der Waals surface area contributed by atoms with Crippen LogP contribution in [0.1, 0.15) is 63.9 Å². The number of hydrogen-bond donors (Lipinski definition) is 1. The third kappa shape index (κ3) is 4.36. The molecule has 8 heteroatoms. The van der Waals surface area contributed by atoms with Gasteiger partial charge in [-0.05, 0) is 55.9 Å². The summed E-state index contributed by atoms with van der Waals surface area (Å²) in [6, 6.07) is 3.63. The third-order valence-electron chi connectivity index (χ3n) is 7.28. The number of carbonyl (C=O) groups is 3. The van der Waals surface area contributed by atoms with Crippen molar-refractivity contribution < 1.29 is 33.4 Å². The van der Waals surface area contributed by atoms with Crippen LogP contribution in [0.25, 0.3) is 6.08 Å². The summed E-state index contributed by atoms with van der Waals surface area (Å²) in [5, 5.41) is 9.24. The Morgan fingerprint density at radius 2 is 2.00 bits per heavy atom. The predicted molar refractivity (Wildman–Crippen MR) is 123 cm³/mol. The number of hydrogen-bond acceptors (Lipinski definition) is 7. The normalized spacial score (nSPS) is 26.8. The maximum Gasteiger partial charge on any atom is 0.423 e. The molecule has 0 unspecified atom stereocenters. The minimum Gasteiger partial charge on any atom is -0.459 e. The van der Waals surface area contributed by atoms with Crippen LogP contribution in [0.15, 0.2) is 33.3 Å². The van der Waals surface area contributed by atoms with Crippen molar-refractivity contribution in [2.24, 2.45) is 17.8 Å². The number of aliphatic hydroxyl groups excluding tert-OH is 1. The lowest BCUT2D eigenvalue weighted by Gasteiger charge is -2.31.